The van der Waals surface area contributed by atoms with Gasteiger partial charge in [0.15, 0.2) is 0 Å². The van der Waals surface area contributed by atoms with Crippen molar-refractivity contribution in [3.05, 3.63) is 0 Å². The van der Waals surface area contributed by atoms with E-state index in [9.17, 15) is 9.59 Å². The highest BCUT2D eigenvalue weighted by Crippen LogP contribution is 2.55. The van der Waals surface area contributed by atoms with Gasteiger partial charge in [0.25, 0.3) is 0 Å². The molecule has 0 bridgehead atoms. The zero-order chi connectivity index (χ0) is 13.6. The fourth-order valence-electron chi connectivity index (χ4n) is 2.79. The molecule has 2 fully saturated rings. The Morgan fingerprint density at radius 3 is 2.56 bits per heavy atom. The van der Waals surface area contributed by atoms with Gasteiger partial charge < -0.3 is 9.47 Å². The summed E-state index contributed by atoms with van der Waals surface area (Å²) in [5.74, 6) is -0.0655. The molecule has 1 aliphatic heterocycles. The third-order valence-electron chi connectivity index (χ3n) is 3.64. The van der Waals surface area contributed by atoms with E-state index in [0.717, 1.165) is 12.8 Å². The van der Waals surface area contributed by atoms with Crippen LogP contribution in [0.4, 0.5) is 4.79 Å². The number of fused-ring (bicyclic) bond motifs is 1. The first-order valence-electron chi connectivity index (χ1n) is 6.40. The Morgan fingerprint density at radius 1 is 1.33 bits per heavy atom. The Hall–Kier alpha value is -1.26. The Balaban J connectivity index is 2.16. The number of hydrogen-bond acceptors (Lipinski definition) is 4. The molecule has 0 spiro atoms. The molecule has 102 valence electrons. The average molecular weight is 255 g/mol. The SMILES string of the molecule is COC(=O)[C@@]12C[C@@H]1CCCN2C(=O)OC(C)(C)C. The third kappa shape index (κ3) is 2.06. The van der Waals surface area contributed by atoms with Crippen molar-refractivity contribution in [3.8, 4) is 0 Å². The summed E-state index contributed by atoms with van der Waals surface area (Å²) in [6.07, 6.45) is 2.20. The van der Waals surface area contributed by atoms with Gasteiger partial charge in [-0.1, -0.05) is 0 Å². The number of esters is 1. The monoisotopic (exact) mass is 255 g/mol. The smallest absolute Gasteiger partial charge is 0.411 e. The Kier molecular flexibility index (Phi) is 3.03. The molecule has 18 heavy (non-hydrogen) atoms. The lowest BCUT2D eigenvalue weighted by molar-refractivity contribution is -0.150. The molecule has 5 nitrogen and oxygen atoms in total. The fourth-order valence-corrected chi connectivity index (χ4v) is 2.79. The number of methoxy groups -OCH3 is 1. The van der Waals surface area contributed by atoms with E-state index in [0.29, 0.717) is 13.0 Å². The topological polar surface area (TPSA) is 55.8 Å². The van der Waals surface area contributed by atoms with Gasteiger partial charge in [0, 0.05) is 6.54 Å². The quantitative estimate of drug-likeness (QED) is 0.672. The highest BCUT2D eigenvalue weighted by molar-refractivity contribution is 5.90. The van der Waals surface area contributed by atoms with Crippen LogP contribution in [0, 0.1) is 5.92 Å². The predicted molar refractivity (Wildman–Crippen MR) is 65.0 cm³/mol. The van der Waals surface area contributed by atoms with Crippen molar-refractivity contribution in [2.24, 2.45) is 5.92 Å². The molecule has 1 saturated heterocycles. The largest absolute Gasteiger partial charge is 0.467 e. The van der Waals surface area contributed by atoms with Crippen LogP contribution in [-0.2, 0) is 14.3 Å². The van der Waals surface area contributed by atoms with Crippen molar-refractivity contribution in [2.75, 3.05) is 13.7 Å². The van der Waals surface area contributed by atoms with E-state index in [1.165, 1.54) is 7.11 Å². The Labute approximate surface area is 107 Å². The number of rotatable bonds is 1. The van der Waals surface area contributed by atoms with Crippen LogP contribution in [0.15, 0.2) is 0 Å². The molecule has 1 aliphatic carbocycles. The van der Waals surface area contributed by atoms with Crippen LogP contribution < -0.4 is 0 Å². The van der Waals surface area contributed by atoms with E-state index in [-0.39, 0.29) is 11.9 Å². The first-order chi connectivity index (χ1) is 8.31. The normalized spacial score (nSPS) is 30.4. The molecule has 0 aromatic rings. The molecule has 1 amide bonds. The molecule has 0 N–H and O–H groups in total. The summed E-state index contributed by atoms with van der Waals surface area (Å²) in [6, 6.07) is 0. The van der Waals surface area contributed by atoms with Gasteiger partial charge in [-0.3, -0.25) is 4.90 Å². The first kappa shape index (κ1) is 13.2. The van der Waals surface area contributed by atoms with Crippen molar-refractivity contribution in [3.63, 3.8) is 0 Å². The van der Waals surface area contributed by atoms with Gasteiger partial charge in [0.2, 0.25) is 0 Å². The van der Waals surface area contributed by atoms with E-state index in [1.54, 1.807) is 4.90 Å². The standard InChI is InChI=1S/C13H21NO4/c1-12(2,3)18-11(16)14-7-5-6-9-8-13(9,14)10(15)17-4/h9H,5-8H2,1-4H3/t9-,13+/m0/s1. The molecule has 1 saturated carbocycles. The zero-order valence-electron chi connectivity index (χ0n) is 11.5. The van der Waals surface area contributed by atoms with Crippen molar-refractivity contribution in [2.45, 2.75) is 51.2 Å². The molecule has 0 unspecified atom stereocenters. The van der Waals surface area contributed by atoms with E-state index in [4.69, 9.17) is 9.47 Å². The second kappa shape index (κ2) is 4.14. The van der Waals surface area contributed by atoms with E-state index in [2.05, 4.69) is 0 Å². The first-order valence-corrected chi connectivity index (χ1v) is 6.40. The number of likely N-dealkylation sites (tertiary alicyclic amines) is 1. The number of amides is 1. The summed E-state index contributed by atoms with van der Waals surface area (Å²) < 4.78 is 10.2. The summed E-state index contributed by atoms with van der Waals surface area (Å²) >= 11 is 0. The molecule has 2 rings (SSSR count). The number of nitrogens with zero attached hydrogens (tertiary/aromatic N) is 1. The average Bonchev–Trinajstić information content (AvgIpc) is 3.00. The van der Waals surface area contributed by atoms with Crippen LogP contribution in [0.5, 0.6) is 0 Å². The molecule has 2 aliphatic rings. The molecule has 2 atom stereocenters. The van der Waals surface area contributed by atoms with Crippen LogP contribution in [-0.4, -0.2) is 41.8 Å². The Morgan fingerprint density at radius 2 is 2.00 bits per heavy atom. The van der Waals surface area contributed by atoms with Crippen molar-refractivity contribution < 1.29 is 19.1 Å². The lowest BCUT2D eigenvalue weighted by Gasteiger charge is -2.35. The zero-order valence-corrected chi connectivity index (χ0v) is 11.5. The number of ether oxygens (including phenoxy) is 2. The van der Waals surface area contributed by atoms with E-state index >= 15 is 0 Å². The maximum absolute atomic E-state index is 12.2. The minimum absolute atomic E-state index is 0.242. The number of piperidine rings is 1. The minimum atomic E-state index is -0.741. The van der Waals surface area contributed by atoms with E-state index in [1.807, 2.05) is 20.8 Å². The van der Waals surface area contributed by atoms with Crippen molar-refractivity contribution in [1.29, 1.82) is 0 Å². The summed E-state index contributed by atoms with van der Waals surface area (Å²) in [6.45, 7) is 6.04. The van der Waals surface area contributed by atoms with Gasteiger partial charge in [-0.15, -0.1) is 0 Å². The van der Waals surface area contributed by atoms with Crippen LogP contribution in [0.3, 0.4) is 0 Å². The Bertz CT molecular complexity index is 374. The second-order valence-corrected chi connectivity index (χ2v) is 6.09. The van der Waals surface area contributed by atoms with Gasteiger partial charge in [0.05, 0.1) is 7.11 Å². The summed E-state index contributed by atoms with van der Waals surface area (Å²) in [5.41, 5.74) is -1.29. The molecular weight excluding hydrogens is 234 g/mol. The minimum Gasteiger partial charge on any atom is -0.467 e. The van der Waals surface area contributed by atoms with Crippen LogP contribution in [0.1, 0.15) is 40.0 Å². The lowest BCUT2D eigenvalue weighted by Crippen LogP contribution is -2.53. The number of carbonyl (C=O) groups is 2. The maximum atomic E-state index is 12.2. The third-order valence-corrected chi connectivity index (χ3v) is 3.64. The van der Waals surface area contributed by atoms with Crippen molar-refractivity contribution >= 4 is 12.1 Å². The van der Waals surface area contributed by atoms with Crippen LogP contribution in [0.2, 0.25) is 0 Å². The van der Waals surface area contributed by atoms with Crippen LogP contribution >= 0.6 is 0 Å². The van der Waals surface area contributed by atoms with E-state index < -0.39 is 17.2 Å². The predicted octanol–water partition coefficient (Wildman–Crippen LogP) is 1.95. The summed E-state index contributed by atoms with van der Waals surface area (Å²) in [5, 5.41) is 0. The summed E-state index contributed by atoms with van der Waals surface area (Å²) in [4.78, 5) is 25.7. The summed E-state index contributed by atoms with van der Waals surface area (Å²) in [7, 11) is 1.37. The molecule has 0 aromatic heterocycles. The van der Waals surface area contributed by atoms with Gasteiger partial charge in [-0.25, -0.2) is 9.59 Å². The lowest BCUT2D eigenvalue weighted by atomic mass is 10.0. The van der Waals surface area contributed by atoms with Gasteiger partial charge >= 0.3 is 12.1 Å². The maximum Gasteiger partial charge on any atom is 0.411 e. The number of carbonyl (C=O) groups excluding carboxylic acids is 2. The van der Waals surface area contributed by atoms with Crippen molar-refractivity contribution in [1.82, 2.24) is 4.90 Å². The molecule has 1 heterocycles. The molecule has 0 radical (unpaired) electrons. The van der Waals surface area contributed by atoms with Gasteiger partial charge in [0.1, 0.15) is 11.1 Å². The fraction of sp³-hybridized carbons (Fsp3) is 0.846. The molecule has 5 heteroatoms. The highest BCUT2D eigenvalue weighted by Gasteiger charge is 2.67. The molecule has 0 aromatic carbocycles. The van der Waals surface area contributed by atoms with Gasteiger partial charge in [-0.2, -0.15) is 0 Å². The second-order valence-electron chi connectivity index (χ2n) is 6.09. The number of hydrogen-bond donors (Lipinski definition) is 0. The highest BCUT2D eigenvalue weighted by atomic mass is 16.6. The van der Waals surface area contributed by atoms with Crippen LogP contribution in [0.25, 0.3) is 0 Å². The molecular formula is C13H21NO4. The van der Waals surface area contributed by atoms with Gasteiger partial charge in [-0.05, 0) is 46.0 Å².